The SMILES string of the molecule is Nc1ncc(Br)cc1C(=O)c1cccc(N2CCCCC2CN2CCCCC2)n1. The minimum absolute atomic E-state index is 0.192. The fourth-order valence-electron chi connectivity index (χ4n) is 4.41. The van der Waals surface area contributed by atoms with Gasteiger partial charge in [-0.25, -0.2) is 9.97 Å². The van der Waals surface area contributed by atoms with Gasteiger partial charge in [0.25, 0.3) is 0 Å². The maximum Gasteiger partial charge on any atom is 0.215 e. The lowest BCUT2D eigenvalue weighted by molar-refractivity contribution is 0.103. The molecule has 0 bridgehead atoms. The molecular formula is C22H28BrN5O. The Hall–Kier alpha value is -1.99. The van der Waals surface area contributed by atoms with E-state index in [2.05, 4.69) is 30.7 Å². The van der Waals surface area contributed by atoms with Crippen LogP contribution in [-0.4, -0.2) is 52.9 Å². The third kappa shape index (κ3) is 4.78. The minimum atomic E-state index is -0.192. The van der Waals surface area contributed by atoms with Gasteiger partial charge in [0.15, 0.2) is 0 Å². The zero-order valence-corrected chi connectivity index (χ0v) is 18.3. The van der Waals surface area contributed by atoms with E-state index in [0.29, 0.717) is 17.3 Å². The number of likely N-dealkylation sites (tertiary alicyclic amines) is 1. The number of pyridine rings is 2. The van der Waals surface area contributed by atoms with Crippen molar-refractivity contribution in [1.29, 1.82) is 0 Å². The Morgan fingerprint density at radius 3 is 2.76 bits per heavy atom. The third-order valence-corrected chi connectivity index (χ3v) is 6.37. The summed E-state index contributed by atoms with van der Waals surface area (Å²) in [5, 5.41) is 0. The number of hydrogen-bond donors (Lipinski definition) is 1. The van der Waals surface area contributed by atoms with Crippen LogP contribution in [0.4, 0.5) is 11.6 Å². The third-order valence-electron chi connectivity index (χ3n) is 5.94. The van der Waals surface area contributed by atoms with Gasteiger partial charge in [-0.1, -0.05) is 12.5 Å². The molecule has 7 heteroatoms. The smallest absolute Gasteiger partial charge is 0.215 e. The van der Waals surface area contributed by atoms with Crippen LogP contribution in [0.5, 0.6) is 0 Å². The molecule has 0 amide bonds. The summed E-state index contributed by atoms with van der Waals surface area (Å²) in [6.45, 7) is 4.48. The number of anilines is 2. The van der Waals surface area contributed by atoms with E-state index >= 15 is 0 Å². The first kappa shape index (κ1) is 20.3. The van der Waals surface area contributed by atoms with Gasteiger partial charge in [-0.05, 0) is 79.3 Å². The summed E-state index contributed by atoms with van der Waals surface area (Å²) in [7, 11) is 0. The van der Waals surface area contributed by atoms with Crippen LogP contribution < -0.4 is 10.6 Å². The molecule has 2 aromatic heterocycles. The van der Waals surface area contributed by atoms with Crippen LogP contribution in [0, 0.1) is 0 Å². The molecule has 1 unspecified atom stereocenters. The Kier molecular flexibility index (Phi) is 6.45. The second-order valence-corrected chi connectivity index (χ2v) is 8.92. The average Bonchev–Trinajstić information content (AvgIpc) is 2.76. The molecule has 4 rings (SSSR count). The molecule has 2 fully saturated rings. The number of nitrogen functional groups attached to an aromatic ring is 1. The lowest BCUT2D eigenvalue weighted by Crippen LogP contribution is -2.48. The Bertz CT molecular complexity index is 868. The molecule has 2 aliphatic rings. The maximum atomic E-state index is 13.0. The predicted octanol–water partition coefficient (Wildman–Crippen LogP) is 3.90. The Morgan fingerprint density at radius 1 is 1.14 bits per heavy atom. The van der Waals surface area contributed by atoms with Crippen LogP contribution >= 0.6 is 15.9 Å². The summed E-state index contributed by atoms with van der Waals surface area (Å²) in [6, 6.07) is 7.86. The molecular weight excluding hydrogens is 430 g/mol. The first-order valence-corrected chi connectivity index (χ1v) is 11.3. The van der Waals surface area contributed by atoms with Gasteiger partial charge < -0.3 is 15.5 Å². The van der Waals surface area contributed by atoms with Crippen molar-refractivity contribution in [1.82, 2.24) is 14.9 Å². The molecule has 4 heterocycles. The van der Waals surface area contributed by atoms with Crippen LogP contribution in [0.25, 0.3) is 0 Å². The van der Waals surface area contributed by atoms with E-state index in [0.717, 1.165) is 23.4 Å². The zero-order chi connectivity index (χ0) is 20.2. The van der Waals surface area contributed by atoms with E-state index < -0.39 is 0 Å². The minimum Gasteiger partial charge on any atom is -0.383 e. The summed E-state index contributed by atoms with van der Waals surface area (Å²) < 4.78 is 0.726. The van der Waals surface area contributed by atoms with Crippen molar-refractivity contribution in [2.45, 2.75) is 44.6 Å². The standard InChI is InChI=1S/C22H28BrN5O/c23-16-13-18(22(24)25-14-16)21(29)19-8-6-9-20(26-19)28-12-5-2-7-17(28)15-27-10-3-1-4-11-27/h6,8-9,13-14,17H,1-5,7,10-12,15H2,(H2,24,25). The number of rotatable bonds is 5. The van der Waals surface area contributed by atoms with Gasteiger partial charge in [0.05, 0.1) is 5.56 Å². The topological polar surface area (TPSA) is 75.3 Å². The van der Waals surface area contributed by atoms with Crippen LogP contribution in [0.2, 0.25) is 0 Å². The molecule has 29 heavy (non-hydrogen) atoms. The molecule has 0 spiro atoms. The van der Waals surface area contributed by atoms with Crippen LogP contribution in [0.3, 0.4) is 0 Å². The highest BCUT2D eigenvalue weighted by molar-refractivity contribution is 9.10. The van der Waals surface area contributed by atoms with Gasteiger partial charge in [0, 0.05) is 29.8 Å². The molecule has 2 N–H and O–H groups in total. The fraction of sp³-hybridized carbons (Fsp3) is 0.500. The summed E-state index contributed by atoms with van der Waals surface area (Å²) in [5.74, 6) is 0.924. The van der Waals surface area contributed by atoms with Crippen molar-refractivity contribution in [3.8, 4) is 0 Å². The first-order valence-electron chi connectivity index (χ1n) is 10.5. The second-order valence-electron chi connectivity index (χ2n) is 8.00. The van der Waals surface area contributed by atoms with Crippen molar-refractivity contribution < 1.29 is 4.79 Å². The van der Waals surface area contributed by atoms with Gasteiger partial charge in [0.1, 0.15) is 17.3 Å². The van der Waals surface area contributed by atoms with Gasteiger partial charge in [-0.3, -0.25) is 4.79 Å². The molecule has 0 saturated carbocycles. The zero-order valence-electron chi connectivity index (χ0n) is 16.7. The second kappa shape index (κ2) is 9.22. The largest absolute Gasteiger partial charge is 0.383 e. The van der Waals surface area contributed by atoms with Gasteiger partial charge >= 0.3 is 0 Å². The number of carbonyl (C=O) groups excluding carboxylic acids is 1. The predicted molar refractivity (Wildman–Crippen MR) is 119 cm³/mol. The number of ketones is 1. The number of aromatic nitrogens is 2. The van der Waals surface area contributed by atoms with Crippen molar-refractivity contribution in [2.75, 3.05) is 36.8 Å². The highest BCUT2D eigenvalue weighted by Gasteiger charge is 2.27. The molecule has 2 aromatic rings. The van der Waals surface area contributed by atoms with E-state index in [-0.39, 0.29) is 11.6 Å². The molecule has 6 nitrogen and oxygen atoms in total. The normalized spacial score (nSPS) is 20.6. The van der Waals surface area contributed by atoms with E-state index in [9.17, 15) is 4.79 Å². The lowest BCUT2D eigenvalue weighted by atomic mass is 10.00. The van der Waals surface area contributed by atoms with Crippen LogP contribution in [0.15, 0.2) is 34.9 Å². The van der Waals surface area contributed by atoms with Crippen molar-refractivity contribution in [3.05, 3.63) is 46.2 Å². The molecule has 1 atom stereocenters. The Balaban J connectivity index is 1.56. The summed E-state index contributed by atoms with van der Waals surface area (Å²) in [5.41, 5.74) is 6.73. The molecule has 2 saturated heterocycles. The molecule has 0 radical (unpaired) electrons. The van der Waals surface area contributed by atoms with Crippen molar-refractivity contribution >= 4 is 33.3 Å². The monoisotopic (exact) mass is 457 g/mol. The number of nitrogens with zero attached hydrogens (tertiary/aromatic N) is 4. The molecule has 154 valence electrons. The van der Waals surface area contributed by atoms with Crippen LogP contribution in [0.1, 0.15) is 54.6 Å². The quantitative estimate of drug-likeness (QED) is 0.686. The number of nitrogens with two attached hydrogens (primary N) is 1. The van der Waals surface area contributed by atoms with E-state index in [1.807, 2.05) is 12.1 Å². The molecule has 0 aromatic carbocycles. The highest BCUT2D eigenvalue weighted by Crippen LogP contribution is 2.26. The van der Waals surface area contributed by atoms with Crippen molar-refractivity contribution in [2.24, 2.45) is 0 Å². The average molecular weight is 458 g/mol. The van der Waals surface area contributed by atoms with Gasteiger partial charge in [0.2, 0.25) is 5.78 Å². The summed E-state index contributed by atoms with van der Waals surface area (Å²) in [6.07, 6.45) is 9.15. The Morgan fingerprint density at radius 2 is 1.93 bits per heavy atom. The Labute approximate surface area is 180 Å². The summed E-state index contributed by atoms with van der Waals surface area (Å²) >= 11 is 3.37. The van der Waals surface area contributed by atoms with E-state index in [1.165, 1.54) is 51.6 Å². The summed E-state index contributed by atoms with van der Waals surface area (Å²) in [4.78, 5) is 26.8. The molecule has 2 aliphatic heterocycles. The van der Waals surface area contributed by atoms with Crippen molar-refractivity contribution in [3.63, 3.8) is 0 Å². The maximum absolute atomic E-state index is 13.0. The first-order chi connectivity index (χ1) is 14.1. The fourth-order valence-corrected chi connectivity index (χ4v) is 4.74. The van der Waals surface area contributed by atoms with Crippen LogP contribution in [-0.2, 0) is 0 Å². The number of carbonyl (C=O) groups is 1. The lowest BCUT2D eigenvalue weighted by Gasteiger charge is -2.40. The van der Waals surface area contributed by atoms with Gasteiger partial charge in [-0.15, -0.1) is 0 Å². The number of hydrogen-bond acceptors (Lipinski definition) is 6. The van der Waals surface area contributed by atoms with E-state index in [1.54, 1.807) is 18.3 Å². The number of piperidine rings is 2. The highest BCUT2D eigenvalue weighted by atomic mass is 79.9. The molecule has 0 aliphatic carbocycles. The number of halogens is 1. The van der Waals surface area contributed by atoms with E-state index in [4.69, 9.17) is 10.7 Å². The van der Waals surface area contributed by atoms with Gasteiger partial charge in [-0.2, -0.15) is 0 Å².